The fraction of sp³-hybridized carbons (Fsp3) is 0.263. The van der Waals surface area contributed by atoms with E-state index in [1.807, 2.05) is 47.4 Å². The van der Waals surface area contributed by atoms with E-state index < -0.39 is 0 Å². The lowest BCUT2D eigenvalue weighted by atomic mass is 10.1. The summed E-state index contributed by atoms with van der Waals surface area (Å²) in [5.74, 6) is 0.674. The smallest absolute Gasteiger partial charge is 0.254 e. The van der Waals surface area contributed by atoms with Crippen molar-refractivity contribution in [2.75, 3.05) is 26.3 Å². The van der Waals surface area contributed by atoms with Crippen LogP contribution in [0.3, 0.4) is 0 Å². The Bertz CT molecular complexity index is 851. The molecule has 0 unspecified atom stereocenters. The highest BCUT2D eigenvalue weighted by Gasteiger charge is 2.19. The van der Waals surface area contributed by atoms with E-state index in [0.29, 0.717) is 49.8 Å². The van der Waals surface area contributed by atoms with Gasteiger partial charge in [0.2, 0.25) is 0 Å². The number of rotatable bonds is 3. The fourth-order valence-electron chi connectivity index (χ4n) is 2.90. The molecule has 1 aromatic heterocycles. The molecule has 4 rings (SSSR count). The molecule has 0 radical (unpaired) electrons. The largest absolute Gasteiger partial charge is 0.440 e. The van der Waals surface area contributed by atoms with Crippen molar-refractivity contribution < 1.29 is 13.9 Å². The van der Waals surface area contributed by atoms with Crippen molar-refractivity contribution in [3.05, 3.63) is 65.5 Å². The van der Waals surface area contributed by atoms with Crippen molar-refractivity contribution in [3.8, 4) is 0 Å². The van der Waals surface area contributed by atoms with Crippen LogP contribution in [0, 0.1) is 0 Å². The van der Waals surface area contributed by atoms with Gasteiger partial charge in [-0.1, -0.05) is 30.3 Å². The van der Waals surface area contributed by atoms with E-state index in [-0.39, 0.29) is 5.91 Å². The molecule has 0 N–H and O–H groups in total. The lowest BCUT2D eigenvalue weighted by Gasteiger charge is -2.26. The molecule has 24 heavy (non-hydrogen) atoms. The number of ether oxygens (including phenoxy) is 1. The molecule has 1 saturated heterocycles. The van der Waals surface area contributed by atoms with Crippen LogP contribution < -0.4 is 0 Å². The number of carbonyl (C=O) groups is 1. The second-order valence-corrected chi connectivity index (χ2v) is 5.86. The molecule has 5 heteroatoms. The van der Waals surface area contributed by atoms with Crippen LogP contribution in [-0.2, 0) is 11.2 Å². The van der Waals surface area contributed by atoms with Crippen LogP contribution in [0.5, 0.6) is 0 Å². The van der Waals surface area contributed by atoms with E-state index in [1.54, 1.807) is 6.07 Å². The fourth-order valence-corrected chi connectivity index (χ4v) is 2.90. The standard InChI is InChI=1S/C19H18N2O3/c22-19(21-8-10-23-11-9-21)15-6-7-16-17(13-15)24-18(20-16)12-14-4-2-1-3-5-14/h1-7,13H,8-12H2. The summed E-state index contributed by atoms with van der Waals surface area (Å²) in [6.07, 6.45) is 0.641. The number of aromatic nitrogens is 1. The molecule has 1 amide bonds. The van der Waals surface area contributed by atoms with Crippen LogP contribution in [0.1, 0.15) is 21.8 Å². The van der Waals surface area contributed by atoms with E-state index in [4.69, 9.17) is 9.15 Å². The monoisotopic (exact) mass is 322 g/mol. The molecule has 2 aromatic carbocycles. The molecule has 1 aliphatic rings. The Morgan fingerprint density at radius 3 is 2.67 bits per heavy atom. The lowest BCUT2D eigenvalue weighted by molar-refractivity contribution is 0.0303. The predicted molar refractivity (Wildman–Crippen MR) is 90.0 cm³/mol. The van der Waals surface area contributed by atoms with Crippen molar-refractivity contribution in [2.24, 2.45) is 0 Å². The van der Waals surface area contributed by atoms with E-state index in [1.165, 1.54) is 0 Å². The van der Waals surface area contributed by atoms with Crippen LogP contribution in [0.4, 0.5) is 0 Å². The number of hydrogen-bond donors (Lipinski definition) is 0. The minimum Gasteiger partial charge on any atom is -0.440 e. The van der Waals surface area contributed by atoms with Gasteiger partial charge in [0.15, 0.2) is 11.5 Å². The third-order valence-corrected chi connectivity index (χ3v) is 4.18. The van der Waals surface area contributed by atoms with Crippen molar-refractivity contribution in [1.82, 2.24) is 9.88 Å². The first-order valence-corrected chi connectivity index (χ1v) is 8.10. The average Bonchev–Trinajstić information content (AvgIpc) is 3.04. The number of carbonyl (C=O) groups excluding carboxylic acids is 1. The Balaban J connectivity index is 1.57. The Labute approximate surface area is 139 Å². The summed E-state index contributed by atoms with van der Waals surface area (Å²) in [5.41, 5.74) is 3.21. The molecule has 0 aliphatic carbocycles. The Morgan fingerprint density at radius 2 is 1.88 bits per heavy atom. The summed E-state index contributed by atoms with van der Waals surface area (Å²) in [7, 11) is 0. The Kier molecular flexibility index (Phi) is 4.01. The highest BCUT2D eigenvalue weighted by molar-refractivity contribution is 5.97. The van der Waals surface area contributed by atoms with Crippen LogP contribution in [0.15, 0.2) is 52.9 Å². The van der Waals surface area contributed by atoms with Crippen molar-refractivity contribution in [3.63, 3.8) is 0 Å². The minimum atomic E-state index is 0.0150. The molecule has 0 saturated carbocycles. The van der Waals surface area contributed by atoms with E-state index in [0.717, 1.165) is 11.1 Å². The van der Waals surface area contributed by atoms with Gasteiger partial charge < -0.3 is 14.1 Å². The first kappa shape index (κ1) is 14.9. The van der Waals surface area contributed by atoms with Gasteiger partial charge in [0.25, 0.3) is 5.91 Å². The SMILES string of the molecule is O=C(c1ccc2nc(Cc3ccccc3)oc2c1)N1CCOCC1. The number of nitrogens with zero attached hydrogens (tertiary/aromatic N) is 2. The van der Waals surface area contributed by atoms with E-state index in [2.05, 4.69) is 4.98 Å². The molecular weight excluding hydrogens is 304 g/mol. The van der Waals surface area contributed by atoms with E-state index in [9.17, 15) is 4.79 Å². The topological polar surface area (TPSA) is 55.6 Å². The van der Waals surface area contributed by atoms with Gasteiger partial charge in [-0.05, 0) is 23.8 Å². The second-order valence-electron chi connectivity index (χ2n) is 5.86. The lowest BCUT2D eigenvalue weighted by Crippen LogP contribution is -2.40. The molecule has 3 aromatic rings. The van der Waals surface area contributed by atoms with E-state index >= 15 is 0 Å². The molecule has 0 atom stereocenters. The summed E-state index contributed by atoms with van der Waals surface area (Å²) in [6.45, 7) is 2.45. The van der Waals surface area contributed by atoms with Gasteiger partial charge in [0, 0.05) is 25.1 Å². The van der Waals surface area contributed by atoms with Gasteiger partial charge in [0.1, 0.15) is 5.52 Å². The van der Waals surface area contributed by atoms with Gasteiger partial charge >= 0.3 is 0 Å². The molecular formula is C19H18N2O3. The molecule has 0 bridgehead atoms. The molecule has 0 spiro atoms. The Hall–Kier alpha value is -2.66. The molecule has 1 aliphatic heterocycles. The zero-order valence-electron chi connectivity index (χ0n) is 13.3. The van der Waals surface area contributed by atoms with Crippen LogP contribution in [0.25, 0.3) is 11.1 Å². The van der Waals surface area contributed by atoms with Gasteiger partial charge in [0.05, 0.1) is 13.2 Å². The first-order valence-electron chi connectivity index (χ1n) is 8.10. The zero-order chi connectivity index (χ0) is 16.4. The number of benzene rings is 2. The Morgan fingerprint density at radius 1 is 1.08 bits per heavy atom. The maximum atomic E-state index is 12.5. The quantitative estimate of drug-likeness (QED) is 0.744. The molecule has 2 heterocycles. The third-order valence-electron chi connectivity index (χ3n) is 4.18. The van der Waals surface area contributed by atoms with Crippen molar-refractivity contribution in [1.29, 1.82) is 0 Å². The normalized spacial score (nSPS) is 14.9. The highest BCUT2D eigenvalue weighted by Crippen LogP contribution is 2.20. The maximum absolute atomic E-state index is 12.5. The number of fused-ring (bicyclic) bond motifs is 1. The number of hydrogen-bond acceptors (Lipinski definition) is 4. The number of oxazole rings is 1. The van der Waals surface area contributed by atoms with Gasteiger partial charge in [-0.3, -0.25) is 4.79 Å². The predicted octanol–water partition coefficient (Wildman–Crippen LogP) is 2.89. The third kappa shape index (κ3) is 3.03. The van der Waals surface area contributed by atoms with Crippen LogP contribution >= 0.6 is 0 Å². The van der Waals surface area contributed by atoms with Gasteiger partial charge in [-0.15, -0.1) is 0 Å². The van der Waals surface area contributed by atoms with Crippen LogP contribution in [-0.4, -0.2) is 42.1 Å². The highest BCUT2D eigenvalue weighted by atomic mass is 16.5. The maximum Gasteiger partial charge on any atom is 0.254 e. The summed E-state index contributed by atoms with van der Waals surface area (Å²) in [5, 5.41) is 0. The zero-order valence-corrected chi connectivity index (χ0v) is 13.3. The minimum absolute atomic E-state index is 0.0150. The molecule has 1 fully saturated rings. The van der Waals surface area contributed by atoms with Crippen LogP contribution in [0.2, 0.25) is 0 Å². The molecule has 122 valence electrons. The summed E-state index contributed by atoms with van der Waals surface area (Å²) in [4.78, 5) is 18.9. The summed E-state index contributed by atoms with van der Waals surface area (Å²) in [6, 6.07) is 15.5. The molecule has 5 nitrogen and oxygen atoms in total. The number of morpholine rings is 1. The van der Waals surface area contributed by atoms with Gasteiger partial charge in [-0.25, -0.2) is 4.98 Å². The number of amides is 1. The van der Waals surface area contributed by atoms with Crippen molar-refractivity contribution in [2.45, 2.75) is 6.42 Å². The first-order chi connectivity index (χ1) is 11.8. The van der Waals surface area contributed by atoms with Gasteiger partial charge in [-0.2, -0.15) is 0 Å². The van der Waals surface area contributed by atoms with Crippen molar-refractivity contribution >= 4 is 17.0 Å². The second kappa shape index (κ2) is 6.45. The summed E-state index contributed by atoms with van der Waals surface area (Å²) < 4.78 is 11.1. The average molecular weight is 322 g/mol. The summed E-state index contributed by atoms with van der Waals surface area (Å²) >= 11 is 0.